The van der Waals surface area contributed by atoms with Gasteiger partial charge in [0.2, 0.25) is 0 Å². The first-order valence-corrected chi connectivity index (χ1v) is 13.2. The van der Waals surface area contributed by atoms with Crippen LogP contribution in [0.2, 0.25) is 0 Å². The molecule has 0 amide bonds. The molecule has 4 aliphatic rings. The van der Waals surface area contributed by atoms with Gasteiger partial charge in [-0.2, -0.15) is 0 Å². The summed E-state index contributed by atoms with van der Waals surface area (Å²) in [6.45, 7) is 4.94. The Labute approximate surface area is 204 Å². The molecule has 0 unspecified atom stereocenters. The first-order valence-electron chi connectivity index (χ1n) is 11.5. The van der Waals surface area contributed by atoms with Gasteiger partial charge < -0.3 is 9.47 Å². The molecular weight excluding hydrogens is 444 g/mol. The smallest absolute Gasteiger partial charge is 0.118 e. The summed E-state index contributed by atoms with van der Waals surface area (Å²) in [7, 11) is 3.45. The molecule has 1 saturated carbocycles. The average Bonchev–Trinajstić information content (AvgIpc) is 3.55. The largest absolute Gasteiger partial charge is 0.497 e. The van der Waals surface area contributed by atoms with Crippen LogP contribution in [0.4, 0.5) is 0 Å². The van der Waals surface area contributed by atoms with Gasteiger partial charge in [-0.25, -0.2) is 0 Å². The van der Waals surface area contributed by atoms with E-state index in [0.717, 1.165) is 11.5 Å². The van der Waals surface area contributed by atoms with Crippen LogP contribution in [-0.2, 0) is 0 Å². The molecule has 2 aliphatic carbocycles. The van der Waals surface area contributed by atoms with E-state index in [1.165, 1.54) is 40.2 Å². The van der Waals surface area contributed by atoms with E-state index in [4.69, 9.17) is 9.47 Å². The van der Waals surface area contributed by atoms with Crippen molar-refractivity contribution in [1.82, 2.24) is 0 Å². The average molecular weight is 473 g/mol. The number of hydrogen-bond acceptors (Lipinski definition) is 4. The number of benzene rings is 2. The standard InChI is InChI=1S/C29H28O2S2/c1-28-24(16-26(32-28)18-8-12-20(30-3)13-9-18)22-6-5-7-23(22)25-17-27(33-29(25,28)2)19-10-14-21(31-4)15-11-19/h8-17H,5-7H2,1-4H3/t28-,29-/m1/s1. The lowest BCUT2D eigenvalue weighted by Crippen LogP contribution is -2.47. The van der Waals surface area contributed by atoms with Gasteiger partial charge in [0.05, 0.1) is 23.7 Å². The van der Waals surface area contributed by atoms with Crippen LogP contribution in [0.15, 0.2) is 83.0 Å². The van der Waals surface area contributed by atoms with E-state index in [9.17, 15) is 0 Å². The minimum atomic E-state index is -0.00381. The summed E-state index contributed by atoms with van der Waals surface area (Å²) in [5, 5.41) is 0. The Balaban J connectivity index is 1.44. The number of thioether (sulfide) groups is 2. The van der Waals surface area contributed by atoms with Gasteiger partial charge in [-0.05, 0) is 103 Å². The monoisotopic (exact) mass is 472 g/mol. The second kappa shape index (κ2) is 7.61. The van der Waals surface area contributed by atoms with Crippen molar-refractivity contribution < 1.29 is 9.47 Å². The quantitative estimate of drug-likeness (QED) is 0.450. The van der Waals surface area contributed by atoms with Gasteiger partial charge in [0, 0.05) is 9.81 Å². The maximum absolute atomic E-state index is 5.38. The van der Waals surface area contributed by atoms with Crippen LogP contribution in [0.3, 0.4) is 0 Å². The van der Waals surface area contributed by atoms with Crippen LogP contribution < -0.4 is 9.47 Å². The molecule has 2 heterocycles. The van der Waals surface area contributed by atoms with Crippen molar-refractivity contribution >= 4 is 33.3 Å². The molecule has 0 bridgehead atoms. The summed E-state index contributed by atoms with van der Waals surface area (Å²) in [4.78, 5) is 2.74. The molecule has 2 aromatic rings. The molecule has 0 N–H and O–H groups in total. The molecule has 2 atom stereocenters. The summed E-state index contributed by atoms with van der Waals surface area (Å²) >= 11 is 4.09. The van der Waals surface area contributed by atoms with Gasteiger partial charge >= 0.3 is 0 Å². The van der Waals surface area contributed by atoms with Gasteiger partial charge in [0.15, 0.2) is 0 Å². The zero-order valence-corrected chi connectivity index (χ0v) is 21.2. The molecule has 0 spiro atoms. The highest BCUT2D eigenvalue weighted by molar-refractivity contribution is 8.14. The normalized spacial score (nSPS) is 27.8. The predicted octanol–water partition coefficient (Wildman–Crippen LogP) is 7.89. The minimum Gasteiger partial charge on any atom is -0.497 e. The third kappa shape index (κ3) is 3.03. The van der Waals surface area contributed by atoms with Crippen LogP contribution in [0.1, 0.15) is 44.2 Å². The Kier molecular flexibility index (Phi) is 4.90. The second-order valence-electron chi connectivity index (χ2n) is 9.38. The molecule has 33 heavy (non-hydrogen) atoms. The lowest BCUT2D eigenvalue weighted by molar-refractivity contribution is 0.414. The van der Waals surface area contributed by atoms with E-state index in [0.29, 0.717) is 0 Å². The van der Waals surface area contributed by atoms with Crippen molar-refractivity contribution in [3.8, 4) is 11.5 Å². The number of methoxy groups -OCH3 is 2. The van der Waals surface area contributed by atoms with E-state index in [2.05, 4.69) is 74.5 Å². The summed E-state index contributed by atoms with van der Waals surface area (Å²) < 4.78 is 10.8. The fourth-order valence-electron chi connectivity index (χ4n) is 5.74. The van der Waals surface area contributed by atoms with Gasteiger partial charge in [-0.3, -0.25) is 0 Å². The first-order chi connectivity index (χ1) is 16.0. The summed E-state index contributed by atoms with van der Waals surface area (Å²) in [6.07, 6.45) is 8.63. The van der Waals surface area contributed by atoms with Crippen molar-refractivity contribution in [2.45, 2.75) is 42.6 Å². The maximum atomic E-state index is 5.38. The zero-order chi connectivity index (χ0) is 22.8. The zero-order valence-electron chi connectivity index (χ0n) is 19.5. The lowest BCUT2D eigenvalue weighted by atomic mass is 9.72. The topological polar surface area (TPSA) is 18.5 Å². The molecule has 2 aromatic carbocycles. The number of fused-ring (bicyclic) bond motifs is 4. The molecule has 0 radical (unpaired) electrons. The Morgan fingerprint density at radius 3 is 1.39 bits per heavy atom. The Morgan fingerprint density at radius 1 is 0.636 bits per heavy atom. The van der Waals surface area contributed by atoms with E-state index >= 15 is 0 Å². The fraction of sp³-hybridized carbons (Fsp3) is 0.310. The van der Waals surface area contributed by atoms with E-state index in [1.54, 1.807) is 36.5 Å². The number of rotatable bonds is 4. The third-order valence-electron chi connectivity index (χ3n) is 7.73. The van der Waals surface area contributed by atoms with Crippen LogP contribution in [0.25, 0.3) is 9.81 Å². The number of ether oxygens (including phenoxy) is 2. The number of allylic oxidation sites excluding steroid dienone is 4. The van der Waals surface area contributed by atoms with Gasteiger partial charge in [0.25, 0.3) is 0 Å². The SMILES string of the molecule is COc1ccc(C2=CC3=C4CCCC4=C4C=C(c5ccc(OC)cc5)S[C@@]4(C)[C@]3(C)S2)cc1. The van der Waals surface area contributed by atoms with E-state index in [-0.39, 0.29) is 9.49 Å². The summed E-state index contributed by atoms with van der Waals surface area (Å²) in [6, 6.07) is 17.0. The fourth-order valence-corrected chi connectivity index (χ4v) is 8.92. The summed E-state index contributed by atoms with van der Waals surface area (Å²) in [5.74, 6) is 1.81. The van der Waals surface area contributed by atoms with Crippen molar-refractivity contribution in [2.75, 3.05) is 14.2 Å². The highest BCUT2D eigenvalue weighted by Gasteiger charge is 2.59. The van der Waals surface area contributed by atoms with Crippen molar-refractivity contribution in [3.05, 3.63) is 94.1 Å². The van der Waals surface area contributed by atoms with Gasteiger partial charge in [0.1, 0.15) is 11.5 Å². The molecule has 2 aliphatic heterocycles. The first kappa shape index (κ1) is 21.2. The molecular formula is C29H28O2S2. The predicted molar refractivity (Wildman–Crippen MR) is 142 cm³/mol. The maximum Gasteiger partial charge on any atom is 0.118 e. The van der Waals surface area contributed by atoms with Gasteiger partial charge in [-0.15, -0.1) is 23.5 Å². The van der Waals surface area contributed by atoms with Crippen LogP contribution in [-0.4, -0.2) is 23.7 Å². The lowest BCUT2D eigenvalue weighted by Gasteiger charge is -2.47. The van der Waals surface area contributed by atoms with Crippen molar-refractivity contribution in [1.29, 1.82) is 0 Å². The molecule has 1 fully saturated rings. The van der Waals surface area contributed by atoms with Crippen molar-refractivity contribution in [2.24, 2.45) is 0 Å². The highest BCUT2D eigenvalue weighted by atomic mass is 32.2. The number of hydrogen-bond donors (Lipinski definition) is 0. The minimum absolute atomic E-state index is 0.00381. The molecule has 6 rings (SSSR count). The molecule has 4 heteroatoms. The Bertz CT molecular complexity index is 1160. The van der Waals surface area contributed by atoms with Crippen LogP contribution in [0.5, 0.6) is 11.5 Å². The highest BCUT2D eigenvalue weighted by Crippen LogP contribution is 2.70. The molecule has 0 aromatic heterocycles. The van der Waals surface area contributed by atoms with Crippen LogP contribution >= 0.6 is 23.5 Å². The molecule has 168 valence electrons. The van der Waals surface area contributed by atoms with E-state index < -0.39 is 0 Å². The Morgan fingerprint density at radius 2 is 1.03 bits per heavy atom. The van der Waals surface area contributed by atoms with Gasteiger partial charge in [-0.1, -0.05) is 24.3 Å². The van der Waals surface area contributed by atoms with Crippen LogP contribution in [0, 0.1) is 0 Å². The van der Waals surface area contributed by atoms with Crippen molar-refractivity contribution in [3.63, 3.8) is 0 Å². The molecule has 0 saturated heterocycles. The second-order valence-corrected chi connectivity index (χ2v) is 12.3. The molecule has 2 nitrogen and oxygen atoms in total. The van der Waals surface area contributed by atoms with E-state index in [1.807, 2.05) is 23.5 Å². The Hall–Kier alpha value is -2.30. The summed E-state index contributed by atoms with van der Waals surface area (Å²) in [5.41, 5.74) is 8.87. The third-order valence-corrected chi connectivity index (χ3v) is 11.1.